The largest absolute Gasteiger partial charge is 0.492 e. The molecule has 0 aliphatic carbocycles. The molecule has 0 saturated carbocycles. The van der Waals surface area contributed by atoms with Crippen LogP contribution in [0.1, 0.15) is 24.4 Å². The number of benzene rings is 2. The van der Waals surface area contributed by atoms with Crippen molar-refractivity contribution in [2.75, 3.05) is 18.5 Å². The predicted octanol–water partition coefficient (Wildman–Crippen LogP) is 3.13. The standard InChI is InChI=1S/C18H20N2O2/c21-18-10-9-17(20-18)14-5-4-6-15(13-14)19-11-12-22-16-7-2-1-3-8-16/h1-8,13,17,19H,9-12H2,(H,20,21). The molecule has 1 fully saturated rings. The number of anilines is 1. The topological polar surface area (TPSA) is 50.4 Å². The minimum atomic E-state index is 0.139. The monoisotopic (exact) mass is 296 g/mol. The van der Waals surface area contributed by atoms with Crippen LogP contribution in [0.2, 0.25) is 0 Å². The van der Waals surface area contributed by atoms with Gasteiger partial charge >= 0.3 is 0 Å². The van der Waals surface area contributed by atoms with Crippen LogP contribution < -0.4 is 15.4 Å². The molecule has 114 valence electrons. The Morgan fingerprint density at radius 3 is 2.77 bits per heavy atom. The van der Waals surface area contributed by atoms with Gasteiger partial charge in [0.25, 0.3) is 0 Å². The fourth-order valence-corrected chi connectivity index (χ4v) is 2.61. The van der Waals surface area contributed by atoms with Gasteiger partial charge in [-0.1, -0.05) is 30.3 Å². The second kappa shape index (κ2) is 6.98. The van der Waals surface area contributed by atoms with Crippen LogP contribution in [0.4, 0.5) is 5.69 Å². The first-order valence-electron chi connectivity index (χ1n) is 7.62. The third-order valence-corrected chi connectivity index (χ3v) is 3.73. The van der Waals surface area contributed by atoms with E-state index in [2.05, 4.69) is 22.8 Å². The molecule has 2 aromatic rings. The molecule has 0 spiro atoms. The highest BCUT2D eigenvalue weighted by molar-refractivity contribution is 5.78. The van der Waals surface area contributed by atoms with Crippen LogP contribution in [0.5, 0.6) is 5.75 Å². The third kappa shape index (κ3) is 3.79. The average Bonchev–Trinajstić information content (AvgIpc) is 3.00. The van der Waals surface area contributed by atoms with Crippen molar-refractivity contribution in [2.45, 2.75) is 18.9 Å². The van der Waals surface area contributed by atoms with E-state index in [0.29, 0.717) is 13.0 Å². The van der Waals surface area contributed by atoms with Gasteiger partial charge in [-0.3, -0.25) is 4.79 Å². The number of carbonyl (C=O) groups excluding carboxylic acids is 1. The zero-order valence-electron chi connectivity index (χ0n) is 12.4. The Hall–Kier alpha value is -2.49. The van der Waals surface area contributed by atoms with Gasteiger partial charge in [-0.15, -0.1) is 0 Å². The predicted molar refractivity (Wildman–Crippen MR) is 87.0 cm³/mol. The summed E-state index contributed by atoms with van der Waals surface area (Å²) in [5.74, 6) is 1.02. The van der Waals surface area contributed by atoms with E-state index in [1.807, 2.05) is 42.5 Å². The third-order valence-electron chi connectivity index (χ3n) is 3.73. The number of nitrogens with one attached hydrogen (secondary N) is 2. The minimum Gasteiger partial charge on any atom is -0.492 e. The summed E-state index contributed by atoms with van der Waals surface area (Å²) in [6.45, 7) is 1.34. The van der Waals surface area contributed by atoms with Crippen LogP contribution in [-0.2, 0) is 4.79 Å². The quantitative estimate of drug-likeness (QED) is 0.805. The fraction of sp³-hybridized carbons (Fsp3) is 0.278. The lowest BCUT2D eigenvalue weighted by Gasteiger charge is -2.13. The second-order valence-electron chi connectivity index (χ2n) is 5.37. The molecule has 0 aromatic heterocycles. The first kappa shape index (κ1) is 14.4. The summed E-state index contributed by atoms with van der Waals surface area (Å²) in [5, 5.41) is 6.35. The molecule has 1 amide bonds. The summed E-state index contributed by atoms with van der Waals surface area (Å²) in [4.78, 5) is 11.3. The zero-order valence-corrected chi connectivity index (χ0v) is 12.4. The summed E-state index contributed by atoms with van der Waals surface area (Å²) in [6, 6.07) is 18.1. The smallest absolute Gasteiger partial charge is 0.220 e. The number of hydrogen-bond donors (Lipinski definition) is 2. The highest BCUT2D eigenvalue weighted by Gasteiger charge is 2.22. The van der Waals surface area contributed by atoms with E-state index in [-0.39, 0.29) is 11.9 Å². The number of amides is 1. The molecule has 1 atom stereocenters. The van der Waals surface area contributed by atoms with Crippen LogP contribution in [0.3, 0.4) is 0 Å². The Kier molecular flexibility index (Phi) is 4.59. The van der Waals surface area contributed by atoms with Gasteiger partial charge in [-0.05, 0) is 36.2 Å². The molecule has 2 aromatic carbocycles. The fourth-order valence-electron chi connectivity index (χ4n) is 2.61. The second-order valence-corrected chi connectivity index (χ2v) is 5.37. The number of rotatable bonds is 6. The summed E-state index contributed by atoms with van der Waals surface area (Å²) < 4.78 is 5.65. The lowest BCUT2D eigenvalue weighted by atomic mass is 10.0. The molecule has 3 rings (SSSR count). The van der Waals surface area contributed by atoms with Gasteiger partial charge in [0.1, 0.15) is 12.4 Å². The van der Waals surface area contributed by atoms with E-state index >= 15 is 0 Å². The van der Waals surface area contributed by atoms with Crippen molar-refractivity contribution in [3.63, 3.8) is 0 Å². The molecule has 1 saturated heterocycles. The van der Waals surface area contributed by atoms with Crippen molar-refractivity contribution < 1.29 is 9.53 Å². The normalized spacial score (nSPS) is 17.1. The van der Waals surface area contributed by atoms with Crippen LogP contribution in [-0.4, -0.2) is 19.1 Å². The van der Waals surface area contributed by atoms with Crippen molar-refractivity contribution in [1.29, 1.82) is 0 Å². The van der Waals surface area contributed by atoms with Gasteiger partial charge in [0.2, 0.25) is 5.91 Å². The first-order valence-corrected chi connectivity index (χ1v) is 7.62. The van der Waals surface area contributed by atoms with Gasteiger partial charge < -0.3 is 15.4 Å². The van der Waals surface area contributed by atoms with Crippen LogP contribution in [0.25, 0.3) is 0 Å². The van der Waals surface area contributed by atoms with Gasteiger partial charge in [0.05, 0.1) is 6.04 Å². The summed E-state index contributed by atoms with van der Waals surface area (Å²) in [5.41, 5.74) is 2.20. The molecule has 1 aliphatic heterocycles. The van der Waals surface area contributed by atoms with E-state index in [1.165, 1.54) is 0 Å². The van der Waals surface area contributed by atoms with Gasteiger partial charge in [-0.25, -0.2) is 0 Å². The lowest BCUT2D eigenvalue weighted by molar-refractivity contribution is -0.119. The first-order chi connectivity index (χ1) is 10.8. The molecule has 0 radical (unpaired) electrons. The Morgan fingerprint density at radius 1 is 1.14 bits per heavy atom. The molecule has 4 heteroatoms. The number of hydrogen-bond acceptors (Lipinski definition) is 3. The maximum Gasteiger partial charge on any atom is 0.220 e. The molecule has 1 unspecified atom stereocenters. The molecule has 1 heterocycles. The van der Waals surface area contributed by atoms with Crippen molar-refractivity contribution >= 4 is 11.6 Å². The van der Waals surface area contributed by atoms with E-state index in [4.69, 9.17) is 4.74 Å². The maximum absolute atomic E-state index is 11.3. The van der Waals surface area contributed by atoms with Crippen molar-refractivity contribution in [3.05, 3.63) is 60.2 Å². The SMILES string of the molecule is O=C1CCC(c2cccc(NCCOc3ccccc3)c2)N1. The molecule has 2 N–H and O–H groups in total. The van der Waals surface area contributed by atoms with E-state index in [1.54, 1.807) is 0 Å². The van der Waals surface area contributed by atoms with Crippen LogP contribution >= 0.6 is 0 Å². The van der Waals surface area contributed by atoms with Gasteiger partial charge in [0, 0.05) is 18.7 Å². The Morgan fingerprint density at radius 2 is 2.00 bits per heavy atom. The highest BCUT2D eigenvalue weighted by atomic mass is 16.5. The summed E-state index contributed by atoms with van der Waals surface area (Å²) >= 11 is 0. The van der Waals surface area contributed by atoms with E-state index < -0.39 is 0 Å². The maximum atomic E-state index is 11.3. The summed E-state index contributed by atoms with van der Waals surface area (Å²) in [7, 11) is 0. The molecular formula is C18H20N2O2. The van der Waals surface area contributed by atoms with Crippen molar-refractivity contribution in [1.82, 2.24) is 5.32 Å². The van der Waals surface area contributed by atoms with Crippen LogP contribution in [0.15, 0.2) is 54.6 Å². The Bertz CT molecular complexity index is 628. The van der Waals surface area contributed by atoms with Crippen LogP contribution in [0, 0.1) is 0 Å². The van der Waals surface area contributed by atoms with Crippen molar-refractivity contribution in [2.24, 2.45) is 0 Å². The Balaban J connectivity index is 1.49. The average molecular weight is 296 g/mol. The number of carbonyl (C=O) groups is 1. The molecular weight excluding hydrogens is 276 g/mol. The number of ether oxygens (including phenoxy) is 1. The van der Waals surface area contributed by atoms with Gasteiger partial charge in [0.15, 0.2) is 0 Å². The number of para-hydroxylation sites is 1. The van der Waals surface area contributed by atoms with E-state index in [9.17, 15) is 4.79 Å². The Labute approximate surface area is 130 Å². The molecule has 22 heavy (non-hydrogen) atoms. The zero-order chi connectivity index (χ0) is 15.2. The van der Waals surface area contributed by atoms with Gasteiger partial charge in [-0.2, -0.15) is 0 Å². The molecule has 1 aliphatic rings. The van der Waals surface area contributed by atoms with Crippen molar-refractivity contribution in [3.8, 4) is 5.75 Å². The highest BCUT2D eigenvalue weighted by Crippen LogP contribution is 2.25. The summed E-state index contributed by atoms with van der Waals surface area (Å²) in [6.07, 6.45) is 1.49. The lowest BCUT2D eigenvalue weighted by Crippen LogP contribution is -2.18. The minimum absolute atomic E-state index is 0.139. The van der Waals surface area contributed by atoms with E-state index in [0.717, 1.165) is 30.0 Å². The molecule has 0 bridgehead atoms. The molecule has 4 nitrogen and oxygen atoms in total.